The predicted octanol–water partition coefficient (Wildman–Crippen LogP) is 3.59. The van der Waals surface area contributed by atoms with Gasteiger partial charge in [-0.05, 0) is 31.1 Å². The molecule has 0 bridgehead atoms. The van der Waals surface area contributed by atoms with E-state index in [0.717, 1.165) is 30.4 Å². The minimum Gasteiger partial charge on any atom is -0.350 e. The average Bonchev–Trinajstić information content (AvgIpc) is 2.82. The maximum absolute atomic E-state index is 10.7. The van der Waals surface area contributed by atoms with Crippen LogP contribution in [-0.4, -0.2) is 29.8 Å². The predicted molar refractivity (Wildman–Crippen MR) is 87.0 cm³/mol. The minimum absolute atomic E-state index is 0.217. The van der Waals surface area contributed by atoms with Crippen LogP contribution >= 0.6 is 0 Å². The molecule has 22 heavy (non-hydrogen) atoms. The third-order valence-corrected chi connectivity index (χ3v) is 4.01. The Balaban J connectivity index is 1.66. The second kappa shape index (κ2) is 7.27. The second-order valence-electron chi connectivity index (χ2n) is 5.67. The minimum atomic E-state index is -0.217. The SMILES string of the molecule is O=Cc1ccc(C2=CC=CC(OC3CCCCC3)N=C2)nc1. The highest BCUT2D eigenvalue weighted by molar-refractivity contribution is 6.09. The van der Waals surface area contributed by atoms with E-state index < -0.39 is 0 Å². The Morgan fingerprint density at radius 2 is 2.05 bits per heavy atom. The quantitative estimate of drug-likeness (QED) is 0.798. The molecule has 1 aliphatic heterocycles. The summed E-state index contributed by atoms with van der Waals surface area (Å²) in [5, 5.41) is 0. The first kappa shape index (κ1) is 14.9. The lowest BCUT2D eigenvalue weighted by molar-refractivity contribution is -0.00250. The molecule has 1 aliphatic carbocycles. The van der Waals surface area contributed by atoms with Gasteiger partial charge in [0.2, 0.25) is 0 Å². The average molecular weight is 296 g/mol. The maximum atomic E-state index is 10.7. The van der Waals surface area contributed by atoms with Crippen molar-refractivity contribution in [1.82, 2.24) is 4.98 Å². The molecule has 0 saturated heterocycles. The van der Waals surface area contributed by atoms with Gasteiger partial charge < -0.3 is 4.74 Å². The number of aldehydes is 1. The van der Waals surface area contributed by atoms with Crippen LogP contribution in [0.25, 0.3) is 5.57 Å². The van der Waals surface area contributed by atoms with E-state index in [9.17, 15) is 4.79 Å². The zero-order chi connectivity index (χ0) is 15.2. The van der Waals surface area contributed by atoms with Gasteiger partial charge in [-0.25, -0.2) is 0 Å². The lowest BCUT2D eigenvalue weighted by Crippen LogP contribution is -2.21. The number of rotatable bonds is 4. The molecule has 2 aliphatic rings. The van der Waals surface area contributed by atoms with Gasteiger partial charge in [0, 0.05) is 23.5 Å². The number of hydrogen-bond acceptors (Lipinski definition) is 4. The molecule has 4 heteroatoms. The fourth-order valence-electron chi connectivity index (χ4n) is 2.78. The molecular weight excluding hydrogens is 276 g/mol. The highest BCUT2D eigenvalue weighted by Crippen LogP contribution is 2.23. The van der Waals surface area contributed by atoms with E-state index >= 15 is 0 Å². The molecule has 0 radical (unpaired) electrons. The number of carbonyl (C=O) groups excluding carboxylic acids is 1. The van der Waals surface area contributed by atoms with E-state index in [4.69, 9.17) is 4.74 Å². The molecule has 1 aromatic rings. The Morgan fingerprint density at radius 3 is 2.77 bits per heavy atom. The van der Waals surface area contributed by atoms with Gasteiger partial charge in [0.15, 0.2) is 12.5 Å². The van der Waals surface area contributed by atoms with E-state index in [1.54, 1.807) is 18.5 Å². The summed E-state index contributed by atoms with van der Waals surface area (Å²) >= 11 is 0. The van der Waals surface area contributed by atoms with Crippen molar-refractivity contribution in [3.05, 3.63) is 47.8 Å². The monoisotopic (exact) mass is 296 g/mol. The Bertz CT molecular complexity index is 596. The topological polar surface area (TPSA) is 51.5 Å². The van der Waals surface area contributed by atoms with Crippen LogP contribution in [0.2, 0.25) is 0 Å². The van der Waals surface area contributed by atoms with Crippen molar-refractivity contribution in [3.63, 3.8) is 0 Å². The molecule has 0 N–H and O–H groups in total. The number of ether oxygens (including phenoxy) is 1. The van der Waals surface area contributed by atoms with Crippen LogP contribution in [0.5, 0.6) is 0 Å². The van der Waals surface area contributed by atoms with Gasteiger partial charge in [0.05, 0.1) is 11.8 Å². The summed E-state index contributed by atoms with van der Waals surface area (Å²) < 4.78 is 6.05. The molecule has 0 amide bonds. The molecule has 4 nitrogen and oxygen atoms in total. The molecule has 1 aromatic heterocycles. The Hall–Kier alpha value is -2.07. The van der Waals surface area contributed by atoms with Gasteiger partial charge in [-0.3, -0.25) is 14.8 Å². The Morgan fingerprint density at radius 1 is 1.18 bits per heavy atom. The molecule has 2 heterocycles. The summed E-state index contributed by atoms with van der Waals surface area (Å²) in [5.41, 5.74) is 2.30. The molecule has 114 valence electrons. The van der Waals surface area contributed by atoms with Crippen molar-refractivity contribution in [2.45, 2.75) is 44.4 Å². The molecule has 3 rings (SSSR count). The summed E-state index contributed by atoms with van der Waals surface area (Å²) in [6, 6.07) is 3.59. The van der Waals surface area contributed by atoms with Gasteiger partial charge in [0.25, 0.3) is 0 Å². The van der Waals surface area contributed by atoms with Crippen LogP contribution in [0.3, 0.4) is 0 Å². The molecule has 1 unspecified atom stereocenters. The third-order valence-electron chi connectivity index (χ3n) is 4.01. The van der Waals surface area contributed by atoms with Crippen LogP contribution < -0.4 is 0 Å². The fourth-order valence-corrected chi connectivity index (χ4v) is 2.78. The van der Waals surface area contributed by atoms with Gasteiger partial charge in [-0.15, -0.1) is 0 Å². The van der Waals surface area contributed by atoms with Crippen molar-refractivity contribution in [2.24, 2.45) is 4.99 Å². The number of nitrogens with zero attached hydrogens (tertiary/aromatic N) is 2. The standard InChI is InChI=1S/C18H20N2O2/c21-13-14-9-10-17(19-11-14)15-5-4-8-18(20-12-15)22-16-6-2-1-3-7-16/h4-5,8-13,16,18H,1-3,6-7H2. The lowest BCUT2D eigenvalue weighted by Gasteiger charge is -2.24. The Labute approximate surface area is 130 Å². The smallest absolute Gasteiger partial charge is 0.167 e. The molecule has 1 fully saturated rings. The summed E-state index contributed by atoms with van der Waals surface area (Å²) in [6.07, 6.45) is 16.3. The van der Waals surface area contributed by atoms with Crippen molar-refractivity contribution in [1.29, 1.82) is 0 Å². The number of aliphatic imine (C=N–C) groups is 1. The molecule has 0 aromatic carbocycles. The van der Waals surface area contributed by atoms with Crippen molar-refractivity contribution in [3.8, 4) is 0 Å². The Kier molecular flexibility index (Phi) is 4.91. The summed E-state index contributed by atoms with van der Waals surface area (Å²) in [4.78, 5) is 19.5. The molecular formula is C18H20N2O2. The number of aromatic nitrogens is 1. The fraction of sp³-hybridized carbons (Fsp3) is 0.389. The zero-order valence-electron chi connectivity index (χ0n) is 12.5. The van der Waals surface area contributed by atoms with E-state index in [-0.39, 0.29) is 6.23 Å². The van der Waals surface area contributed by atoms with Gasteiger partial charge in [0.1, 0.15) is 0 Å². The maximum Gasteiger partial charge on any atom is 0.167 e. The van der Waals surface area contributed by atoms with Crippen LogP contribution in [0.4, 0.5) is 0 Å². The van der Waals surface area contributed by atoms with Crippen LogP contribution in [0, 0.1) is 0 Å². The number of allylic oxidation sites excluding steroid dienone is 3. The first-order valence-electron chi connectivity index (χ1n) is 7.84. The highest BCUT2D eigenvalue weighted by atomic mass is 16.5. The normalized spacial score (nSPS) is 22.2. The summed E-state index contributed by atoms with van der Waals surface area (Å²) in [6.45, 7) is 0. The molecule has 0 spiro atoms. The van der Waals surface area contributed by atoms with E-state index in [1.807, 2.05) is 24.3 Å². The van der Waals surface area contributed by atoms with E-state index in [0.29, 0.717) is 11.7 Å². The highest BCUT2D eigenvalue weighted by Gasteiger charge is 2.17. The lowest BCUT2D eigenvalue weighted by atomic mass is 9.98. The molecule has 1 saturated carbocycles. The number of hydrogen-bond donors (Lipinski definition) is 0. The van der Waals surface area contributed by atoms with Crippen LogP contribution in [0.1, 0.15) is 48.2 Å². The summed E-state index contributed by atoms with van der Waals surface area (Å²) in [5.74, 6) is 0. The van der Waals surface area contributed by atoms with Crippen LogP contribution in [0.15, 0.2) is 41.6 Å². The van der Waals surface area contributed by atoms with E-state index in [2.05, 4.69) is 9.98 Å². The van der Waals surface area contributed by atoms with Crippen molar-refractivity contribution < 1.29 is 9.53 Å². The first-order chi connectivity index (χ1) is 10.8. The number of carbonyl (C=O) groups is 1. The largest absolute Gasteiger partial charge is 0.350 e. The van der Waals surface area contributed by atoms with Crippen LogP contribution in [-0.2, 0) is 4.74 Å². The van der Waals surface area contributed by atoms with E-state index in [1.165, 1.54) is 19.3 Å². The van der Waals surface area contributed by atoms with Gasteiger partial charge in [-0.1, -0.05) is 31.4 Å². The van der Waals surface area contributed by atoms with Gasteiger partial charge >= 0.3 is 0 Å². The van der Waals surface area contributed by atoms with Crippen molar-refractivity contribution >= 4 is 18.1 Å². The third kappa shape index (κ3) is 3.77. The number of pyridine rings is 1. The summed E-state index contributed by atoms with van der Waals surface area (Å²) in [7, 11) is 0. The van der Waals surface area contributed by atoms with Gasteiger partial charge in [-0.2, -0.15) is 0 Å². The molecule has 1 atom stereocenters. The van der Waals surface area contributed by atoms with Crippen molar-refractivity contribution in [2.75, 3.05) is 0 Å². The zero-order valence-corrected chi connectivity index (χ0v) is 12.5. The second-order valence-corrected chi connectivity index (χ2v) is 5.67. The first-order valence-corrected chi connectivity index (χ1v) is 7.84.